The Kier molecular flexibility index (Phi) is 7.39. The Labute approximate surface area is 194 Å². The lowest BCUT2D eigenvalue weighted by Gasteiger charge is -2.14. The van der Waals surface area contributed by atoms with Gasteiger partial charge in [0.2, 0.25) is 9.84 Å². The van der Waals surface area contributed by atoms with Crippen LogP contribution in [0.3, 0.4) is 0 Å². The van der Waals surface area contributed by atoms with Gasteiger partial charge in [0.05, 0.1) is 16.5 Å². The molecule has 0 amide bonds. The monoisotopic (exact) mass is 517 g/mol. The molecule has 3 aromatic carbocycles. The van der Waals surface area contributed by atoms with Crippen LogP contribution in [0.15, 0.2) is 81.0 Å². The lowest BCUT2D eigenvalue weighted by molar-refractivity contribution is 0.282. The van der Waals surface area contributed by atoms with Crippen LogP contribution in [-0.4, -0.2) is 15.5 Å². The number of rotatable bonds is 7. The zero-order valence-corrected chi connectivity index (χ0v) is 19.5. The Bertz CT molecular complexity index is 1250. The van der Waals surface area contributed by atoms with Gasteiger partial charge in [-0.15, -0.1) is 0 Å². The first kappa shape index (κ1) is 22.9. The van der Waals surface area contributed by atoms with E-state index < -0.39 is 14.7 Å². The van der Waals surface area contributed by atoms with Gasteiger partial charge >= 0.3 is 0 Å². The summed E-state index contributed by atoms with van der Waals surface area (Å²) < 4.78 is 37.6. The minimum absolute atomic E-state index is 0.0152. The van der Waals surface area contributed by atoms with Crippen molar-refractivity contribution in [3.63, 3.8) is 0 Å². The SMILES string of the molecule is COc1cc(C=C(C#N)S(=O)(=O)c2ccc(Cl)cc2)cc(Br)c1OCc1ccccc1. The molecular formula is C23H17BrClNO4S. The van der Waals surface area contributed by atoms with Crippen LogP contribution >= 0.6 is 27.5 Å². The van der Waals surface area contributed by atoms with Crippen LogP contribution < -0.4 is 9.47 Å². The third-order valence-electron chi connectivity index (χ3n) is 4.30. The van der Waals surface area contributed by atoms with Crippen molar-refractivity contribution in [1.82, 2.24) is 0 Å². The second-order valence-corrected chi connectivity index (χ2v) is 9.60. The summed E-state index contributed by atoms with van der Waals surface area (Å²) in [5.41, 5.74) is 1.45. The highest BCUT2D eigenvalue weighted by Gasteiger charge is 2.21. The molecule has 158 valence electrons. The van der Waals surface area contributed by atoms with Crippen LogP contribution in [0.2, 0.25) is 5.02 Å². The number of hydrogen-bond donors (Lipinski definition) is 0. The molecule has 3 aromatic rings. The highest BCUT2D eigenvalue weighted by molar-refractivity contribution is 9.10. The highest BCUT2D eigenvalue weighted by atomic mass is 79.9. The summed E-state index contributed by atoms with van der Waals surface area (Å²) in [6, 6.07) is 20.3. The van der Waals surface area contributed by atoms with Gasteiger partial charge in [0.15, 0.2) is 11.5 Å². The van der Waals surface area contributed by atoms with Crippen LogP contribution in [0.1, 0.15) is 11.1 Å². The topological polar surface area (TPSA) is 76.4 Å². The molecule has 31 heavy (non-hydrogen) atoms. The van der Waals surface area contributed by atoms with Gasteiger partial charge in [-0.05, 0) is 69.5 Å². The predicted octanol–water partition coefficient (Wildman–Crippen LogP) is 6.03. The maximum atomic E-state index is 12.8. The Balaban J connectivity index is 1.94. The van der Waals surface area contributed by atoms with Crippen molar-refractivity contribution >= 4 is 43.4 Å². The summed E-state index contributed by atoms with van der Waals surface area (Å²) in [5, 5.41) is 9.91. The third kappa shape index (κ3) is 5.47. The molecule has 3 rings (SSSR count). The Morgan fingerprint density at radius 2 is 1.81 bits per heavy atom. The van der Waals surface area contributed by atoms with Crippen LogP contribution in [-0.2, 0) is 16.4 Å². The molecule has 0 saturated heterocycles. The van der Waals surface area contributed by atoms with Gasteiger partial charge in [0.25, 0.3) is 0 Å². The molecule has 0 atom stereocenters. The predicted molar refractivity (Wildman–Crippen MR) is 124 cm³/mol. The largest absolute Gasteiger partial charge is 0.493 e. The molecule has 0 unspecified atom stereocenters. The van der Waals surface area contributed by atoms with E-state index in [1.54, 1.807) is 18.2 Å². The minimum Gasteiger partial charge on any atom is -0.493 e. The van der Waals surface area contributed by atoms with E-state index in [1.165, 1.54) is 37.5 Å². The smallest absolute Gasteiger partial charge is 0.216 e. The fourth-order valence-electron chi connectivity index (χ4n) is 2.75. The normalized spacial score (nSPS) is 11.6. The first-order valence-electron chi connectivity index (χ1n) is 9.02. The van der Waals surface area contributed by atoms with Crippen LogP contribution in [0.25, 0.3) is 6.08 Å². The van der Waals surface area contributed by atoms with E-state index in [2.05, 4.69) is 15.9 Å². The lowest BCUT2D eigenvalue weighted by atomic mass is 10.2. The molecule has 0 heterocycles. The molecule has 0 spiro atoms. The van der Waals surface area contributed by atoms with Crippen molar-refractivity contribution in [2.45, 2.75) is 11.5 Å². The molecule has 0 N–H and O–H groups in total. The summed E-state index contributed by atoms with van der Waals surface area (Å²) in [7, 11) is -2.51. The number of ether oxygens (including phenoxy) is 2. The van der Waals surface area contributed by atoms with Crippen molar-refractivity contribution in [3.05, 3.63) is 92.3 Å². The molecule has 5 nitrogen and oxygen atoms in total. The van der Waals surface area contributed by atoms with E-state index in [9.17, 15) is 13.7 Å². The lowest BCUT2D eigenvalue weighted by Crippen LogP contribution is -2.03. The highest BCUT2D eigenvalue weighted by Crippen LogP contribution is 2.38. The van der Waals surface area contributed by atoms with Crippen LogP contribution in [0.5, 0.6) is 11.5 Å². The van der Waals surface area contributed by atoms with Gasteiger partial charge in [0, 0.05) is 5.02 Å². The molecule has 0 aliphatic rings. The summed E-state index contributed by atoms with van der Waals surface area (Å²) in [5.74, 6) is 0.875. The molecular weight excluding hydrogens is 502 g/mol. The number of sulfone groups is 1. The van der Waals surface area contributed by atoms with Crippen molar-refractivity contribution in [1.29, 1.82) is 5.26 Å². The third-order valence-corrected chi connectivity index (χ3v) is 6.82. The molecule has 0 aliphatic carbocycles. The average Bonchev–Trinajstić information content (AvgIpc) is 2.77. The number of methoxy groups -OCH3 is 1. The zero-order valence-electron chi connectivity index (χ0n) is 16.4. The van der Waals surface area contributed by atoms with Gasteiger partial charge < -0.3 is 9.47 Å². The van der Waals surface area contributed by atoms with E-state index in [4.69, 9.17) is 21.1 Å². The van der Waals surface area contributed by atoms with Crippen LogP contribution in [0, 0.1) is 11.3 Å². The Hall–Kier alpha value is -2.79. The maximum Gasteiger partial charge on any atom is 0.216 e. The molecule has 0 bridgehead atoms. The molecule has 8 heteroatoms. The maximum absolute atomic E-state index is 12.8. The number of hydrogen-bond acceptors (Lipinski definition) is 5. The van der Waals surface area contributed by atoms with Crippen molar-refractivity contribution in [3.8, 4) is 17.6 Å². The fourth-order valence-corrected chi connectivity index (χ4v) is 4.61. The van der Waals surface area contributed by atoms with Crippen molar-refractivity contribution in [2.75, 3.05) is 7.11 Å². The summed E-state index contributed by atoms with van der Waals surface area (Å²) >= 11 is 9.28. The van der Waals surface area contributed by atoms with Gasteiger partial charge in [-0.3, -0.25) is 0 Å². The van der Waals surface area contributed by atoms with E-state index in [0.29, 0.717) is 33.2 Å². The first-order chi connectivity index (χ1) is 14.8. The number of nitriles is 1. The second-order valence-electron chi connectivity index (χ2n) is 6.39. The van der Waals surface area contributed by atoms with Crippen molar-refractivity contribution < 1.29 is 17.9 Å². The molecule has 0 radical (unpaired) electrons. The average molecular weight is 519 g/mol. The number of nitrogens with zero attached hydrogens (tertiary/aromatic N) is 1. The minimum atomic E-state index is -4.00. The second kappa shape index (κ2) is 10.0. The molecule has 0 aromatic heterocycles. The van der Waals surface area contributed by atoms with Gasteiger partial charge in [-0.1, -0.05) is 41.9 Å². The number of allylic oxidation sites excluding steroid dienone is 1. The van der Waals surface area contributed by atoms with Gasteiger partial charge in [0.1, 0.15) is 17.6 Å². The van der Waals surface area contributed by atoms with Crippen molar-refractivity contribution in [2.24, 2.45) is 0 Å². The molecule has 0 saturated carbocycles. The van der Waals surface area contributed by atoms with E-state index in [0.717, 1.165) is 5.56 Å². The summed E-state index contributed by atoms with van der Waals surface area (Å²) in [6.45, 7) is 0.333. The van der Waals surface area contributed by atoms with E-state index >= 15 is 0 Å². The fraction of sp³-hybridized carbons (Fsp3) is 0.0870. The Morgan fingerprint density at radius 3 is 2.42 bits per heavy atom. The number of benzene rings is 3. The first-order valence-corrected chi connectivity index (χ1v) is 11.7. The van der Waals surface area contributed by atoms with E-state index in [1.807, 2.05) is 30.3 Å². The molecule has 0 aliphatic heterocycles. The zero-order chi connectivity index (χ0) is 22.4. The van der Waals surface area contributed by atoms with Gasteiger partial charge in [-0.25, -0.2) is 8.42 Å². The quantitative estimate of drug-likeness (QED) is 0.357. The molecule has 0 fully saturated rings. The number of halogens is 2. The van der Waals surface area contributed by atoms with Gasteiger partial charge in [-0.2, -0.15) is 5.26 Å². The summed E-state index contributed by atoms with van der Waals surface area (Å²) in [4.78, 5) is -0.416. The Morgan fingerprint density at radius 1 is 1.13 bits per heavy atom. The van der Waals surface area contributed by atoms with Crippen LogP contribution in [0.4, 0.5) is 0 Å². The standard InChI is InChI=1S/C23H17BrClNO4S/c1-29-22-13-17(12-21(24)23(22)30-15-16-5-3-2-4-6-16)11-20(14-26)31(27,28)19-9-7-18(25)8-10-19/h2-13H,15H2,1H3. The van der Waals surface area contributed by atoms with E-state index in [-0.39, 0.29) is 4.90 Å². The summed E-state index contributed by atoms with van der Waals surface area (Å²) in [6.07, 6.45) is 1.29.